The van der Waals surface area contributed by atoms with Crippen LogP contribution in [0.4, 0.5) is 5.69 Å². The van der Waals surface area contributed by atoms with Gasteiger partial charge in [0, 0.05) is 21.7 Å². The van der Waals surface area contributed by atoms with Gasteiger partial charge in [-0.05, 0) is 86.8 Å². The first kappa shape index (κ1) is 33.2. The molecule has 0 spiro atoms. The molecule has 2 aliphatic rings. The number of benzene rings is 3. The van der Waals surface area contributed by atoms with Gasteiger partial charge in [0.05, 0.1) is 10.7 Å². The van der Waals surface area contributed by atoms with Crippen molar-refractivity contribution >= 4 is 29.1 Å². The standard InChI is InChI=1S/C41H52ClNS/c1-38(2,3)28-19-26(20-29(23-28)39(4,5)6)32-17-18-33(42)36(37(32)43-25-44-35-16-14-13-15-34(35)43)27-21-30(40(7,8)9)24-31(22-27)41(10,11)12/h17-24H,13-16H2,1-12H3. The minimum Gasteiger partial charge on any atom is -0.321 e. The summed E-state index contributed by atoms with van der Waals surface area (Å²) in [6.07, 6.45) is 4.67. The van der Waals surface area contributed by atoms with Gasteiger partial charge in [0.15, 0.2) is 5.88 Å². The molecule has 1 heterocycles. The van der Waals surface area contributed by atoms with E-state index >= 15 is 0 Å². The monoisotopic (exact) mass is 625 g/mol. The van der Waals surface area contributed by atoms with Crippen LogP contribution < -0.4 is 4.90 Å². The summed E-state index contributed by atoms with van der Waals surface area (Å²) < 4.78 is 0. The molecule has 0 bridgehead atoms. The quantitative estimate of drug-likeness (QED) is 0.285. The van der Waals surface area contributed by atoms with Crippen molar-refractivity contribution in [1.82, 2.24) is 0 Å². The fourth-order valence-electron chi connectivity index (χ4n) is 6.14. The number of thioether (sulfide) groups is 1. The molecule has 0 fully saturated rings. The number of hydrogen-bond acceptors (Lipinski definition) is 2. The Labute approximate surface area is 277 Å². The Balaban J connectivity index is 1.89. The molecule has 0 atom stereocenters. The van der Waals surface area contributed by atoms with Gasteiger partial charge in [-0.3, -0.25) is 0 Å². The van der Waals surface area contributed by atoms with E-state index in [4.69, 9.17) is 11.6 Å². The Morgan fingerprint density at radius 3 is 1.55 bits per heavy atom. The highest BCUT2D eigenvalue weighted by molar-refractivity contribution is 8.05. The Bertz CT molecular complexity index is 1530. The van der Waals surface area contributed by atoms with Crippen molar-refractivity contribution in [2.75, 3.05) is 4.90 Å². The second kappa shape index (κ2) is 11.6. The first-order valence-electron chi connectivity index (χ1n) is 16.3. The molecule has 3 heteroatoms. The topological polar surface area (TPSA) is 3.24 Å². The maximum absolute atomic E-state index is 7.34. The van der Waals surface area contributed by atoms with Crippen LogP contribution in [0.2, 0.25) is 5.02 Å². The summed E-state index contributed by atoms with van der Waals surface area (Å²) in [6.45, 7) is 27.7. The summed E-state index contributed by atoms with van der Waals surface area (Å²) in [7, 11) is 0. The summed E-state index contributed by atoms with van der Waals surface area (Å²) in [4.78, 5) is 3.85. The minimum absolute atomic E-state index is 0.00369. The van der Waals surface area contributed by atoms with Gasteiger partial charge in [-0.25, -0.2) is 0 Å². The van der Waals surface area contributed by atoms with E-state index in [1.54, 1.807) is 11.8 Å². The van der Waals surface area contributed by atoms with Crippen molar-refractivity contribution in [1.29, 1.82) is 0 Å². The molecule has 0 amide bonds. The highest BCUT2D eigenvalue weighted by Crippen LogP contribution is 2.53. The molecule has 234 valence electrons. The molecule has 0 saturated heterocycles. The van der Waals surface area contributed by atoms with Crippen molar-refractivity contribution < 1.29 is 0 Å². The van der Waals surface area contributed by atoms with Gasteiger partial charge < -0.3 is 4.90 Å². The number of allylic oxidation sites excluding steroid dienone is 2. The molecule has 5 rings (SSSR count). The van der Waals surface area contributed by atoms with Gasteiger partial charge in [0.1, 0.15) is 0 Å². The van der Waals surface area contributed by atoms with Gasteiger partial charge in [-0.15, -0.1) is 0 Å². The lowest BCUT2D eigenvalue weighted by molar-refractivity contribution is 0.568. The molecule has 0 aromatic heterocycles. The lowest BCUT2D eigenvalue weighted by atomic mass is 9.77. The predicted molar refractivity (Wildman–Crippen MR) is 196 cm³/mol. The van der Waals surface area contributed by atoms with Gasteiger partial charge in [0.2, 0.25) is 0 Å². The van der Waals surface area contributed by atoms with Crippen LogP contribution in [0.25, 0.3) is 22.3 Å². The van der Waals surface area contributed by atoms with E-state index in [1.807, 2.05) is 0 Å². The number of hydrogen-bond donors (Lipinski definition) is 0. The second-order valence-corrected chi connectivity index (χ2v) is 18.3. The van der Waals surface area contributed by atoms with Crippen molar-refractivity contribution in [3.8, 4) is 22.3 Å². The van der Waals surface area contributed by atoms with E-state index in [1.165, 1.54) is 62.4 Å². The molecule has 1 aliphatic heterocycles. The zero-order valence-corrected chi connectivity index (χ0v) is 30.8. The normalized spacial score (nSPS) is 16.5. The average molecular weight is 626 g/mol. The Kier molecular flexibility index (Phi) is 8.74. The molecular weight excluding hydrogens is 574 g/mol. The SMILES string of the molecule is CC(C)(C)c1cc(-c2ccc(Cl)c(-c3cc(C(C)(C)C)cc(C(C)(C)C)c3)c2N2[C]SC3=C2CCCC3)cc(C(C)(C)C)c1. The third-order valence-electron chi connectivity index (χ3n) is 9.20. The first-order chi connectivity index (χ1) is 20.2. The second-order valence-electron chi connectivity index (χ2n) is 17.0. The van der Waals surface area contributed by atoms with Crippen molar-refractivity contribution in [2.24, 2.45) is 0 Å². The molecule has 3 aromatic carbocycles. The van der Waals surface area contributed by atoms with Crippen LogP contribution >= 0.6 is 23.4 Å². The van der Waals surface area contributed by atoms with Crippen LogP contribution in [0.3, 0.4) is 0 Å². The van der Waals surface area contributed by atoms with Gasteiger partial charge >= 0.3 is 0 Å². The summed E-state index contributed by atoms with van der Waals surface area (Å²) in [5, 5.41) is 0.786. The number of rotatable bonds is 3. The Hall–Kier alpha value is -2.16. The first-order valence-corrected chi connectivity index (χ1v) is 17.5. The van der Waals surface area contributed by atoms with Crippen LogP contribution in [0.1, 0.15) is 131 Å². The molecule has 0 N–H and O–H groups in total. The molecule has 44 heavy (non-hydrogen) atoms. The molecule has 0 saturated carbocycles. The van der Waals surface area contributed by atoms with Crippen LogP contribution in [0.5, 0.6) is 0 Å². The minimum atomic E-state index is 0.00369. The number of nitrogens with zero attached hydrogens (tertiary/aromatic N) is 1. The predicted octanol–water partition coefficient (Wildman–Crippen LogP) is 13.2. The Morgan fingerprint density at radius 1 is 0.614 bits per heavy atom. The maximum Gasteiger partial charge on any atom is 0.169 e. The Morgan fingerprint density at radius 2 is 1.07 bits per heavy atom. The van der Waals surface area contributed by atoms with Crippen LogP contribution in [0, 0.1) is 5.88 Å². The number of halogens is 1. The summed E-state index contributed by atoms with van der Waals surface area (Å²) in [6, 6.07) is 18.8. The molecular formula is C41H52ClNS. The number of anilines is 1. The molecule has 1 aliphatic carbocycles. The zero-order chi connectivity index (χ0) is 32.4. The highest BCUT2D eigenvalue weighted by atomic mass is 35.5. The summed E-state index contributed by atoms with van der Waals surface area (Å²) in [5.74, 6) is 3.76. The van der Waals surface area contributed by atoms with Crippen molar-refractivity contribution in [3.63, 3.8) is 0 Å². The van der Waals surface area contributed by atoms with E-state index < -0.39 is 0 Å². The lowest BCUT2D eigenvalue weighted by Crippen LogP contribution is -2.20. The van der Waals surface area contributed by atoms with Crippen molar-refractivity contribution in [3.05, 3.63) is 92.3 Å². The van der Waals surface area contributed by atoms with E-state index in [-0.39, 0.29) is 21.7 Å². The molecule has 1 nitrogen and oxygen atoms in total. The van der Waals surface area contributed by atoms with E-state index in [0.29, 0.717) is 0 Å². The summed E-state index contributed by atoms with van der Waals surface area (Å²) in [5.41, 5.74) is 12.7. The van der Waals surface area contributed by atoms with Gasteiger partial charge in [-0.1, -0.05) is 149 Å². The molecule has 3 aromatic rings. The van der Waals surface area contributed by atoms with E-state index in [2.05, 4.69) is 142 Å². The molecule has 2 radical (unpaired) electrons. The average Bonchev–Trinajstić information content (AvgIpc) is 3.34. The summed E-state index contributed by atoms with van der Waals surface area (Å²) >= 11 is 9.13. The van der Waals surface area contributed by atoms with Crippen LogP contribution in [-0.4, -0.2) is 0 Å². The molecule has 0 unspecified atom stereocenters. The third-order valence-corrected chi connectivity index (χ3v) is 10.5. The van der Waals surface area contributed by atoms with E-state index in [9.17, 15) is 0 Å². The fraction of sp³-hybridized carbons (Fsp3) is 0.488. The van der Waals surface area contributed by atoms with E-state index in [0.717, 1.165) is 29.1 Å². The van der Waals surface area contributed by atoms with Gasteiger partial charge in [-0.2, -0.15) is 0 Å². The lowest BCUT2D eigenvalue weighted by Gasteiger charge is -2.31. The maximum atomic E-state index is 7.34. The fourth-order valence-corrected chi connectivity index (χ4v) is 7.36. The third kappa shape index (κ3) is 6.68. The smallest absolute Gasteiger partial charge is 0.169 e. The van der Waals surface area contributed by atoms with Crippen molar-refractivity contribution in [2.45, 2.75) is 130 Å². The zero-order valence-electron chi connectivity index (χ0n) is 29.2. The van der Waals surface area contributed by atoms with Crippen LogP contribution in [0.15, 0.2) is 59.1 Å². The largest absolute Gasteiger partial charge is 0.321 e. The van der Waals surface area contributed by atoms with Crippen LogP contribution in [-0.2, 0) is 21.7 Å². The van der Waals surface area contributed by atoms with Gasteiger partial charge in [0.25, 0.3) is 0 Å². The highest BCUT2D eigenvalue weighted by Gasteiger charge is 2.33.